The van der Waals surface area contributed by atoms with Crippen LogP contribution in [0, 0.1) is 0 Å². The van der Waals surface area contributed by atoms with E-state index in [9.17, 15) is 9.59 Å². The van der Waals surface area contributed by atoms with Crippen molar-refractivity contribution in [1.82, 2.24) is 19.4 Å². The Bertz CT molecular complexity index is 1560. The van der Waals surface area contributed by atoms with Crippen molar-refractivity contribution in [2.75, 3.05) is 26.3 Å². The first-order valence-electron chi connectivity index (χ1n) is 12.8. The van der Waals surface area contributed by atoms with E-state index in [2.05, 4.69) is 4.98 Å². The van der Waals surface area contributed by atoms with Gasteiger partial charge in [-0.25, -0.2) is 4.99 Å². The SMILES string of the molecule is O=C(Cn1cc(/C=C2\SC(=Nc3ccccc3)N(Cc3cccnc3)C2=O)c2ccccc21)N1CCOCC1. The van der Waals surface area contributed by atoms with E-state index in [0.29, 0.717) is 42.9 Å². The number of aromatic nitrogens is 2. The highest BCUT2D eigenvalue weighted by Gasteiger charge is 2.34. The molecule has 2 amide bonds. The molecule has 39 heavy (non-hydrogen) atoms. The maximum absolute atomic E-state index is 13.7. The quantitative estimate of drug-likeness (QED) is 0.333. The Balaban J connectivity index is 1.34. The molecule has 2 aliphatic rings. The zero-order valence-corrected chi connectivity index (χ0v) is 22.1. The molecule has 2 aromatic heterocycles. The van der Waals surface area contributed by atoms with Gasteiger partial charge in [0.15, 0.2) is 5.17 Å². The third-order valence-corrected chi connectivity index (χ3v) is 7.71. The Hall–Kier alpha value is -4.21. The molecule has 2 saturated heterocycles. The molecule has 2 fully saturated rings. The van der Waals surface area contributed by atoms with Crippen LogP contribution in [0.25, 0.3) is 17.0 Å². The van der Waals surface area contributed by atoms with Gasteiger partial charge in [-0.05, 0) is 47.7 Å². The minimum atomic E-state index is -0.111. The summed E-state index contributed by atoms with van der Waals surface area (Å²) in [7, 11) is 0. The lowest BCUT2D eigenvalue weighted by Crippen LogP contribution is -2.42. The Kier molecular flexibility index (Phi) is 7.25. The van der Waals surface area contributed by atoms with Crippen LogP contribution in [0.4, 0.5) is 5.69 Å². The number of fused-ring (bicyclic) bond motifs is 1. The highest BCUT2D eigenvalue weighted by atomic mass is 32.2. The minimum Gasteiger partial charge on any atom is -0.378 e. The van der Waals surface area contributed by atoms with Crippen molar-refractivity contribution in [2.24, 2.45) is 4.99 Å². The van der Waals surface area contributed by atoms with Gasteiger partial charge in [0.05, 0.1) is 30.4 Å². The number of aliphatic imine (C=N–C) groups is 1. The van der Waals surface area contributed by atoms with Crippen LogP contribution in [0.5, 0.6) is 0 Å². The summed E-state index contributed by atoms with van der Waals surface area (Å²) >= 11 is 1.36. The number of pyridine rings is 1. The molecule has 0 atom stereocenters. The van der Waals surface area contributed by atoms with Gasteiger partial charge in [-0.3, -0.25) is 19.5 Å². The number of benzene rings is 2. The molecule has 2 aliphatic heterocycles. The van der Waals surface area contributed by atoms with Gasteiger partial charge in [-0.15, -0.1) is 0 Å². The second-order valence-corrected chi connectivity index (χ2v) is 10.3. The van der Waals surface area contributed by atoms with E-state index in [1.807, 2.05) is 88.5 Å². The van der Waals surface area contributed by atoms with Crippen LogP contribution in [-0.2, 0) is 27.4 Å². The lowest BCUT2D eigenvalue weighted by atomic mass is 10.1. The van der Waals surface area contributed by atoms with Crippen LogP contribution < -0.4 is 0 Å². The first-order valence-corrected chi connectivity index (χ1v) is 13.6. The standard InChI is InChI=1S/C30H27N5O3S/c36-28(33-13-15-38-16-14-33)21-34-20-23(25-10-4-5-11-26(25)34)17-27-29(37)35(19-22-7-6-12-31-18-22)30(39-27)32-24-8-2-1-3-9-24/h1-12,17-18,20H,13-16,19,21H2/b27-17-,32-30?. The summed E-state index contributed by atoms with van der Waals surface area (Å²) in [6, 6.07) is 21.4. The van der Waals surface area contributed by atoms with Gasteiger partial charge in [0, 0.05) is 48.1 Å². The number of rotatable bonds is 6. The molecule has 0 N–H and O–H groups in total. The van der Waals surface area contributed by atoms with E-state index in [1.165, 1.54) is 11.8 Å². The smallest absolute Gasteiger partial charge is 0.267 e. The number of carbonyl (C=O) groups excluding carboxylic acids is 2. The van der Waals surface area contributed by atoms with Gasteiger partial charge < -0.3 is 14.2 Å². The normalized spacial score (nSPS) is 18.0. The number of thioether (sulfide) groups is 1. The number of hydrogen-bond acceptors (Lipinski definition) is 6. The largest absolute Gasteiger partial charge is 0.378 e. The molecule has 4 heterocycles. The molecule has 2 aromatic carbocycles. The topological polar surface area (TPSA) is 80.0 Å². The van der Waals surface area contributed by atoms with E-state index < -0.39 is 0 Å². The fraction of sp³-hybridized carbons (Fsp3) is 0.200. The van der Waals surface area contributed by atoms with Gasteiger partial charge in [0.2, 0.25) is 5.91 Å². The Morgan fingerprint density at radius 1 is 1.03 bits per heavy atom. The van der Waals surface area contributed by atoms with Crippen molar-refractivity contribution < 1.29 is 14.3 Å². The van der Waals surface area contributed by atoms with Gasteiger partial charge in [0.1, 0.15) is 6.54 Å². The van der Waals surface area contributed by atoms with Gasteiger partial charge in [-0.1, -0.05) is 42.5 Å². The summed E-state index contributed by atoms with van der Waals surface area (Å²) in [6.07, 6.45) is 7.35. The van der Waals surface area contributed by atoms with Crippen LogP contribution in [0.15, 0.2) is 95.2 Å². The number of para-hydroxylation sites is 2. The third kappa shape index (κ3) is 5.50. The number of hydrogen-bond donors (Lipinski definition) is 0. The van der Waals surface area contributed by atoms with Gasteiger partial charge in [0.25, 0.3) is 5.91 Å². The molecule has 0 unspecified atom stereocenters. The summed E-state index contributed by atoms with van der Waals surface area (Å²) in [4.78, 5) is 39.8. The molecule has 9 heteroatoms. The van der Waals surface area contributed by atoms with Crippen molar-refractivity contribution in [3.63, 3.8) is 0 Å². The van der Waals surface area contributed by atoms with Crippen molar-refractivity contribution in [2.45, 2.75) is 13.1 Å². The minimum absolute atomic E-state index is 0.0597. The number of nitrogens with zero attached hydrogens (tertiary/aromatic N) is 5. The van der Waals surface area contributed by atoms with Gasteiger partial charge >= 0.3 is 0 Å². The summed E-state index contributed by atoms with van der Waals surface area (Å²) < 4.78 is 7.36. The Morgan fingerprint density at radius 2 is 1.82 bits per heavy atom. The summed E-state index contributed by atoms with van der Waals surface area (Å²) in [5.41, 5.74) is 3.54. The lowest BCUT2D eigenvalue weighted by molar-refractivity contribution is -0.135. The maximum Gasteiger partial charge on any atom is 0.267 e. The van der Waals surface area contributed by atoms with E-state index >= 15 is 0 Å². The van der Waals surface area contributed by atoms with Crippen LogP contribution in [-0.4, -0.2) is 62.6 Å². The molecule has 0 radical (unpaired) electrons. The van der Waals surface area contributed by atoms with E-state index in [4.69, 9.17) is 9.73 Å². The lowest BCUT2D eigenvalue weighted by Gasteiger charge is -2.27. The number of morpholine rings is 1. The first kappa shape index (κ1) is 25.1. The molecule has 0 spiro atoms. The second kappa shape index (κ2) is 11.3. The summed E-state index contributed by atoms with van der Waals surface area (Å²) in [5, 5.41) is 1.60. The zero-order chi connectivity index (χ0) is 26.6. The molecule has 0 saturated carbocycles. The van der Waals surface area contributed by atoms with Crippen LogP contribution in [0.2, 0.25) is 0 Å². The Morgan fingerprint density at radius 3 is 2.62 bits per heavy atom. The molecular weight excluding hydrogens is 510 g/mol. The number of amides is 2. The van der Waals surface area contributed by atoms with Gasteiger partial charge in [-0.2, -0.15) is 0 Å². The fourth-order valence-corrected chi connectivity index (χ4v) is 5.73. The molecular formula is C30H27N5O3S. The average molecular weight is 538 g/mol. The van der Waals surface area contributed by atoms with E-state index in [1.54, 1.807) is 17.3 Å². The molecule has 8 nitrogen and oxygen atoms in total. The van der Waals surface area contributed by atoms with E-state index in [-0.39, 0.29) is 18.4 Å². The highest BCUT2D eigenvalue weighted by molar-refractivity contribution is 8.18. The van der Waals surface area contributed by atoms with Crippen LogP contribution in [0.1, 0.15) is 11.1 Å². The number of ether oxygens (including phenoxy) is 1. The van der Waals surface area contributed by atoms with Crippen molar-refractivity contribution in [3.8, 4) is 0 Å². The molecule has 0 bridgehead atoms. The fourth-order valence-electron chi connectivity index (χ4n) is 4.74. The molecule has 196 valence electrons. The average Bonchev–Trinajstić information content (AvgIpc) is 3.47. The zero-order valence-electron chi connectivity index (χ0n) is 21.3. The Labute approximate surface area is 230 Å². The van der Waals surface area contributed by atoms with Crippen LogP contribution >= 0.6 is 11.8 Å². The highest BCUT2D eigenvalue weighted by Crippen LogP contribution is 2.36. The monoisotopic (exact) mass is 537 g/mol. The molecule has 6 rings (SSSR count). The first-order chi connectivity index (χ1) is 19.2. The number of amidine groups is 1. The summed E-state index contributed by atoms with van der Waals surface area (Å²) in [5.74, 6) is -0.0516. The molecule has 4 aromatic rings. The maximum atomic E-state index is 13.7. The number of carbonyl (C=O) groups is 2. The van der Waals surface area contributed by atoms with Crippen LogP contribution in [0.3, 0.4) is 0 Å². The van der Waals surface area contributed by atoms with Crippen molar-refractivity contribution in [1.29, 1.82) is 0 Å². The summed E-state index contributed by atoms with van der Waals surface area (Å²) in [6.45, 7) is 2.96. The van der Waals surface area contributed by atoms with Crippen molar-refractivity contribution >= 4 is 51.4 Å². The predicted molar refractivity (Wildman–Crippen MR) is 153 cm³/mol. The van der Waals surface area contributed by atoms with E-state index in [0.717, 1.165) is 27.7 Å². The predicted octanol–water partition coefficient (Wildman–Crippen LogP) is 4.70. The third-order valence-electron chi connectivity index (χ3n) is 6.71. The second-order valence-electron chi connectivity index (χ2n) is 9.32. The molecule has 0 aliphatic carbocycles. The van der Waals surface area contributed by atoms with Crippen molar-refractivity contribution in [3.05, 3.63) is 101 Å².